The molecule has 3 aromatic rings. The lowest BCUT2D eigenvalue weighted by atomic mass is 10.0. The zero-order valence-corrected chi connectivity index (χ0v) is 20.4. The maximum atomic E-state index is 13.6. The number of halogens is 1. The van der Waals surface area contributed by atoms with E-state index in [4.69, 9.17) is 16.3 Å². The number of benzene rings is 3. The number of carbonyl (C=O) groups excluding carboxylic acids is 1. The maximum absolute atomic E-state index is 13.6. The first-order valence-electron chi connectivity index (χ1n) is 10.5. The normalized spacial score (nSPS) is 12.1. The molecule has 0 heterocycles. The molecule has 3 rings (SSSR count). The molecule has 1 amide bonds. The molecule has 0 unspecified atom stereocenters. The molecular weight excluding hydrogens is 460 g/mol. The third kappa shape index (κ3) is 5.86. The minimum atomic E-state index is -4.08. The van der Waals surface area contributed by atoms with E-state index in [-0.39, 0.29) is 22.4 Å². The largest absolute Gasteiger partial charge is 0.495 e. The van der Waals surface area contributed by atoms with E-state index in [1.807, 2.05) is 38.1 Å². The number of ether oxygens (including phenoxy) is 1. The summed E-state index contributed by atoms with van der Waals surface area (Å²) < 4.78 is 33.5. The Morgan fingerprint density at radius 1 is 1.06 bits per heavy atom. The molecule has 6 nitrogen and oxygen atoms in total. The topological polar surface area (TPSA) is 75.7 Å². The zero-order valence-electron chi connectivity index (χ0n) is 18.8. The number of nitrogens with zero attached hydrogens (tertiary/aromatic N) is 1. The Morgan fingerprint density at radius 3 is 2.33 bits per heavy atom. The molecule has 8 heteroatoms. The molecule has 0 saturated heterocycles. The molecule has 0 radical (unpaired) electrons. The first kappa shape index (κ1) is 24.6. The van der Waals surface area contributed by atoms with E-state index in [0.717, 1.165) is 15.4 Å². The lowest BCUT2D eigenvalue weighted by Gasteiger charge is -2.27. The molecule has 33 heavy (non-hydrogen) atoms. The monoisotopic (exact) mass is 486 g/mol. The fourth-order valence-corrected chi connectivity index (χ4v) is 5.08. The molecule has 0 aliphatic heterocycles. The first-order valence-corrected chi connectivity index (χ1v) is 12.3. The summed E-state index contributed by atoms with van der Waals surface area (Å²) in [6.07, 6.45) is 0.653. The number of hydrogen-bond donors (Lipinski definition) is 1. The van der Waals surface area contributed by atoms with Crippen molar-refractivity contribution < 1.29 is 17.9 Å². The molecule has 0 saturated carbocycles. The van der Waals surface area contributed by atoms with Gasteiger partial charge in [-0.15, -0.1) is 0 Å². The van der Waals surface area contributed by atoms with Crippen molar-refractivity contribution in [3.8, 4) is 5.75 Å². The van der Waals surface area contributed by atoms with Gasteiger partial charge >= 0.3 is 0 Å². The van der Waals surface area contributed by atoms with Crippen molar-refractivity contribution in [2.45, 2.75) is 31.2 Å². The van der Waals surface area contributed by atoms with Crippen LogP contribution in [0.5, 0.6) is 5.75 Å². The third-order valence-electron chi connectivity index (χ3n) is 5.25. The van der Waals surface area contributed by atoms with Gasteiger partial charge in [-0.1, -0.05) is 66.6 Å². The second-order valence-electron chi connectivity index (χ2n) is 7.58. The van der Waals surface area contributed by atoms with Gasteiger partial charge in [0.25, 0.3) is 10.0 Å². The van der Waals surface area contributed by atoms with Crippen LogP contribution in [0.1, 0.15) is 30.5 Å². The van der Waals surface area contributed by atoms with Gasteiger partial charge < -0.3 is 10.1 Å². The van der Waals surface area contributed by atoms with Gasteiger partial charge in [-0.3, -0.25) is 9.10 Å². The Labute approximate surface area is 200 Å². The van der Waals surface area contributed by atoms with E-state index in [1.165, 1.54) is 25.3 Å². The van der Waals surface area contributed by atoms with Crippen LogP contribution in [0.15, 0.2) is 77.7 Å². The highest BCUT2D eigenvalue weighted by Gasteiger charge is 2.30. The van der Waals surface area contributed by atoms with E-state index in [2.05, 4.69) is 5.32 Å². The quantitative estimate of drug-likeness (QED) is 0.455. The van der Waals surface area contributed by atoms with E-state index in [0.29, 0.717) is 11.4 Å². The van der Waals surface area contributed by atoms with Crippen LogP contribution in [0.3, 0.4) is 0 Å². The number of rotatable bonds is 9. The average Bonchev–Trinajstić information content (AvgIpc) is 2.82. The molecule has 174 valence electrons. The SMILES string of the molecule is CC[C@H](NC(=O)CN(c1cc(Cl)ccc1OC)S(=O)(=O)c1ccccc1)c1ccc(C)cc1. The summed E-state index contributed by atoms with van der Waals surface area (Å²) in [4.78, 5) is 13.2. The fourth-order valence-electron chi connectivity index (χ4n) is 3.47. The van der Waals surface area contributed by atoms with Crippen molar-refractivity contribution in [2.75, 3.05) is 18.0 Å². The van der Waals surface area contributed by atoms with Crippen molar-refractivity contribution >= 4 is 33.2 Å². The number of sulfonamides is 1. The lowest BCUT2D eigenvalue weighted by Crippen LogP contribution is -2.42. The van der Waals surface area contributed by atoms with Crippen molar-refractivity contribution in [3.05, 3.63) is 88.9 Å². The molecule has 0 bridgehead atoms. The van der Waals surface area contributed by atoms with Gasteiger partial charge in [-0.05, 0) is 49.2 Å². The highest BCUT2D eigenvalue weighted by molar-refractivity contribution is 7.92. The Kier molecular flexibility index (Phi) is 8.00. The van der Waals surface area contributed by atoms with E-state index >= 15 is 0 Å². The molecule has 0 aromatic heterocycles. The Bertz CT molecular complexity index is 1200. The van der Waals surface area contributed by atoms with Crippen LogP contribution in [-0.4, -0.2) is 28.0 Å². The number of amides is 1. The van der Waals surface area contributed by atoms with Gasteiger partial charge in [0.1, 0.15) is 12.3 Å². The maximum Gasteiger partial charge on any atom is 0.264 e. The average molecular weight is 487 g/mol. The summed E-state index contributed by atoms with van der Waals surface area (Å²) in [5, 5.41) is 3.28. The van der Waals surface area contributed by atoms with Crippen molar-refractivity contribution in [2.24, 2.45) is 0 Å². The van der Waals surface area contributed by atoms with Gasteiger partial charge in [-0.2, -0.15) is 0 Å². The smallest absolute Gasteiger partial charge is 0.264 e. The number of carbonyl (C=O) groups is 1. The lowest BCUT2D eigenvalue weighted by molar-refractivity contribution is -0.120. The van der Waals surface area contributed by atoms with E-state index in [9.17, 15) is 13.2 Å². The Balaban J connectivity index is 1.97. The molecule has 1 N–H and O–H groups in total. The summed E-state index contributed by atoms with van der Waals surface area (Å²) in [6.45, 7) is 3.52. The summed E-state index contributed by atoms with van der Waals surface area (Å²) >= 11 is 6.17. The van der Waals surface area contributed by atoms with Crippen LogP contribution in [-0.2, 0) is 14.8 Å². The number of aryl methyl sites for hydroxylation is 1. The van der Waals surface area contributed by atoms with Crippen molar-refractivity contribution in [1.82, 2.24) is 5.32 Å². The minimum absolute atomic E-state index is 0.0606. The molecule has 0 spiro atoms. The molecule has 0 aliphatic rings. The molecule has 1 atom stereocenters. The predicted octanol–water partition coefficient (Wildman–Crippen LogP) is 5.12. The van der Waals surface area contributed by atoms with E-state index in [1.54, 1.807) is 30.3 Å². The standard InChI is InChI=1S/C25H27ClN2O4S/c1-4-22(19-12-10-18(2)11-13-19)27-25(29)17-28(23-16-20(26)14-15-24(23)32-3)33(30,31)21-8-6-5-7-9-21/h5-16,22H,4,17H2,1-3H3,(H,27,29)/t22-/m0/s1. The second kappa shape index (κ2) is 10.7. The zero-order chi connectivity index (χ0) is 24.0. The summed E-state index contributed by atoms with van der Waals surface area (Å²) in [6, 6.07) is 20.2. The number of nitrogens with one attached hydrogen (secondary N) is 1. The highest BCUT2D eigenvalue weighted by Crippen LogP contribution is 2.34. The second-order valence-corrected chi connectivity index (χ2v) is 9.88. The third-order valence-corrected chi connectivity index (χ3v) is 7.26. The van der Waals surface area contributed by atoms with Crippen LogP contribution in [0, 0.1) is 6.92 Å². The van der Waals surface area contributed by atoms with Gasteiger partial charge in [0.05, 0.1) is 23.7 Å². The Morgan fingerprint density at radius 2 is 1.73 bits per heavy atom. The Hall–Kier alpha value is -3.03. The molecule has 3 aromatic carbocycles. The van der Waals surface area contributed by atoms with Crippen molar-refractivity contribution in [3.63, 3.8) is 0 Å². The van der Waals surface area contributed by atoms with Gasteiger partial charge in [0.15, 0.2) is 0 Å². The van der Waals surface area contributed by atoms with Crippen LogP contribution in [0.4, 0.5) is 5.69 Å². The summed E-state index contributed by atoms with van der Waals surface area (Å²) in [5.74, 6) is -0.152. The van der Waals surface area contributed by atoms with E-state index < -0.39 is 22.5 Å². The number of anilines is 1. The molecule has 0 aliphatic carbocycles. The summed E-state index contributed by atoms with van der Waals surface area (Å²) in [5.41, 5.74) is 2.26. The van der Waals surface area contributed by atoms with Crippen molar-refractivity contribution in [1.29, 1.82) is 0 Å². The van der Waals surface area contributed by atoms with Crippen LogP contribution in [0.2, 0.25) is 5.02 Å². The highest BCUT2D eigenvalue weighted by atomic mass is 35.5. The van der Waals surface area contributed by atoms with Crippen LogP contribution >= 0.6 is 11.6 Å². The van der Waals surface area contributed by atoms with Gasteiger partial charge in [-0.25, -0.2) is 8.42 Å². The van der Waals surface area contributed by atoms with Crippen LogP contribution < -0.4 is 14.4 Å². The van der Waals surface area contributed by atoms with Gasteiger partial charge in [0, 0.05) is 5.02 Å². The molecular formula is C25H27ClN2O4S. The fraction of sp³-hybridized carbons (Fsp3) is 0.240. The summed E-state index contributed by atoms with van der Waals surface area (Å²) in [7, 11) is -2.64. The van der Waals surface area contributed by atoms with Gasteiger partial charge in [0.2, 0.25) is 5.91 Å². The first-order chi connectivity index (χ1) is 15.8. The van der Waals surface area contributed by atoms with Crippen LogP contribution in [0.25, 0.3) is 0 Å². The predicted molar refractivity (Wildman–Crippen MR) is 131 cm³/mol. The minimum Gasteiger partial charge on any atom is -0.495 e. The molecule has 0 fully saturated rings. The number of hydrogen-bond acceptors (Lipinski definition) is 4. The number of methoxy groups -OCH3 is 1.